The van der Waals surface area contributed by atoms with E-state index in [1.54, 1.807) is 0 Å². The second-order valence-corrected chi connectivity index (χ2v) is 15.4. The third kappa shape index (κ3) is 5.12. The van der Waals surface area contributed by atoms with Crippen molar-refractivity contribution in [2.75, 3.05) is 0 Å². The first-order valence-electron chi connectivity index (χ1n) is 18.9. The number of thiophene rings is 1. The minimum Gasteiger partial charge on any atom is -0.455 e. The quantitative estimate of drug-likeness (QED) is 0.175. The number of furan rings is 2. The third-order valence-electron chi connectivity index (χ3n) is 10.9. The summed E-state index contributed by atoms with van der Waals surface area (Å²) in [6.45, 7) is 0. The zero-order valence-corrected chi connectivity index (χ0v) is 31.1. The molecule has 0 saturated carbocycles. The largest absolute Gasteiger partial charge is 0.455 e. The van der Waals surface area contributed by atoms with Crippen LogP contribution < -0.4 is 0 Å². The second kappa shape index (κ2) is 12.6. The van der Waals surface area contributed by atoms with E-state index in [-0.39, 0.29) is 0 Å². The Balaban J connectivity index is 1.05. The summed E-state index contributed by atoms with van der Waals surface area (Å²) in [5.74, 6) is 1.79. The highest BCUT2D eigenvalue weighted by Gasteiger charge is 2.21. The molecule has 4 aromatic heterocycles. The fourth-order valence-electron chi connectivity index (χ4n) is 8.28. The van der Waals surface area contributed by atoms with Crippen LogP contribution in [0.2, 0.25) is 0 Å². The SMILES string of the molecule is c1ccc(-c2nc(-c3ccccc3)nc(-c3cccc4c3oc3ccc(-c5cc(-c6cccc7c6oc6ccccc67)c6c(c5)sc5ccccc56)cc34)n2)cc1. The van der Waals surface area contributed by atoms with Crippen LogP contribution in [0.4, 0.5) is 0 Å². The van der Waals surface area contributed by atoms with Crippen molar-refractivity contribution in [2.45, 2.75) is 0 Å². The number of fused-ring (bicyclic) bond motifs is 9. The molecule has 4 heterocycles. The molecule has 8 aromatic carbocycles. The lowest BCUT2D eigenvalue weighted by molar-refractivity contribution is 0.669. The van der Waals surface area contributed by atoms with Gasteiger partial charge in [-0.1, -0.05) is 133 Å². The van der Waals surface area contributed by atoms with Crippen LogP contribution in [0.3, 0.4) is 0 Å². The molecule has 6 heteroatoms. The first-order valence-corrected chi connectivity index (χ1v) is 19.7. The molecule has 0 bridgehead atoms. The predicted octanol–water partition coefficient (Wildman–Crippen LogP) is 14.4. The lowest BCUT2D eigenvalue weighted by atomic mass is 9.93. The van der Waals surface area contributed by atoms with Crippen molar-refractivity contribution in [1.29, 1.82) is 0 Å². The van der Waals surface area contributed by atoms with Crippen LogP contribution in [0.1, 0.15) is 0 Å². The van der Waals surface area contributed by atoms with E-state index in [4.69, 9.17) is 23.8 Å². The molecule has 5 nitrogen and oxygen atoms in total. The van der Waals surface area contributed by atoms with Gasteiger partial charge in [-0.15, -0.1) is 11.3 Å². The smallest absolute Gasteiger partial charge is 0.167 e. The van der Waals surface area contributed by atoms with Gasteiger partial charge in [0, 0.05) is 58.4 Å². The van der Waals surface area contributed by atoms with E-state index < -0.39 is 0 Å². The highest BCUT2D eigenvalue weighted by molar-refractivity contribution is 7.26. The van der Waals surface area contributed by atoms with Crippen molar-refractivity contribution < 1.29 is 8.83 Å². The lowest BCUT2D eigenvalue weighted by Gasteiger charge is -2.10. The number of aromatic nitrogens is 3. The molecule has 12 aromatic rings. The molecule has 57 heavy (non-hydrogen) atoms. The minimum atomic E-state index is 0.562. The van der Waals surface area contributed by atoms with Gasteiger partial charge in [0.2, 0.25) is 0 Å². The van der Waals surface area contributed by atoms with Crippen molar-refractivity contribution >= 4 is 75.4 Å². The van der Waals surface area contributed by atoms with Gasteiger partial charge < -0.3 is 8.83 Å². The fourth-order valence-corrected chi connectivity index (χ4v) is 9.45. The monoisotopic (exact) mass is 747 g/mol. The highest BCUT2D eigenvalue weighted by atomic mass is 32.1. The molecule has 0 aliphatic carbocycles. The van der Waals surface area contributed by atoms with Crippen molar-refractivity contribution in [2.24, 2.45) is 0 Å². The molecule has 0 fully saturated rings. The maximum Gasteiger partial charge on any atom is 0.167 e. The molecule has 0 unspecified atom stereocenters. The predicted molar refractivity (Wildman–Crippen MR) is 234 cm³/mol. The van der Waals surface area contributed by atoms with Gasteiger partial charge in [-0.3, -0.25) is 0 Å². The number of para-hydroxylation sites is 3. The van der Waals surface area contributed by atoms with Crippen LogP contribution >= 0.6 is 11.3 Å². The average molecular weight is 748 g/mol. The Morgan fingerprint density at radius 2 is 0.912 bits per heavy atom. The normalized spacial score (nSPS) is 11.9. The zero-order chi connectivity index (χ0) is 37.5. The topological polar surface area (TPSA) is 65.0 Å². The van der Waals surface area contributed by atoms with Gasteiger partial charge in [0.05, 0.1) is 5.56 Å². The third-order valence-corrected chi connectivity index (χ3v) is 12.1. The summed E-state index contributed by atoms with van der Waals surface area (Å²) in [5, 5.41) is 6.77. The summed E-state index contributed by atoms with van der Waals surface area (Å²) in [5.41, 5.74) is 10.5. The molecule has 266 valence electrons. The summed E-state index contributed by atoms with van der Waals surface area (Å²) in [7, 11) is 0. The Kier molecular flexibility index (Phi) is 7.03. The fraction of sp³-hybridized carbons (Fsp3) is 0. The van der Waals surface area contributed by atoms with E-state index in [2.05, 4.69) is 97.1 Å². The van der Waals surface area contributed by atoms with Crippen molar-refractivity contribution in [3.63, 3.8) is 0 Å². The Labute approximate surface area is 330 Å². The molecule has 0 saturated heterocycles. The summed E-state index contributed by atoms with van der Waals surface area (Å²) in [6, 6.07) is 60.9. The zero-order valence-electron chi connectivity index (χ0n) is 30.3. The number of benzene rings is 8. The number of hydrogen-bond acceptors (Lipinski definition) is 6. The van der Waals surface area contributed by atoms with E-state index in [9.17, 15) is 0 Å². The standard InChI is InChI=1S/C51H29N3O2S/c1-3-13-30(14-4-1)49-52-50(31-15-5-2-6-16-31)54-51(53-49)39-22-12-20-36-40-27-32(25-26-43(40)56-48(36)39)33-28-41(46-38-18-8-10-24-44(38)57-45(46)29-33)37-21-11-19-35-34-17-7-9-23-42(34)55-47(35)37/h1-29H. The van der Waals surface area contributed by atoms with Crippen LogP contribution in [-0.2, 0) is 0 Å². The first kappa shape index (κ1) is 31.9. The Bertz CT molecular complexity index is 3470. The van der Waals surface area contributed by atoms with Crippen molar-refractivity contribution in [1.82, 2.24) is 15.0 Å². The summed E-state index contributed by atoms with van der Waals surface area (Å²) < 4.78 is 15.8. The van der Waals surface area contributed by atoms with Gasteiger partial charge in [0.15, 0.2) is 17.5 Å². The molecule has 0 radical (unpaired) electrons. The minimum absolute atomic E-state index is 0.562. The van der Waals surface area contributed by atoms with E-state index in [0.717, 1.165) is 82.8 Å². The number of nitrogens with zero attached hydrogens (tertiary/aromatic N) is 3. The van der Waals surface area contributed by atoms with Crippen LogP contribution in [0.5, 0.6) is 0 Å². The van der Waals surface area contributed by atoms with Gasteiger partial charge in [0.1, 0.15) is 22.3 Å². The summed E-state index contributed by atoms with van der Waals surface area (Å²) >= 11 is 1.83. The Morgan fingerprint density at radius 3 is 1.67 bits per heavy atom. The summed E-state index contributed by atoms with van der Waals surface area (Å²) in [4.78, 5) is 14.9. The number of rotatable bonds is 5. The van der Waals surface area contributed by atoms with E-state index in [1.807, 2.05) is 90.2 Å². The molecule has 0 spiro atoms. The van der Waals surface area contributed by atoms with Crippen LogP contribution in [-0.4, -0.2) is 15.0 Å². The Hall–Kier alpha value is -7.41. The molecular weight excluding hydrogens is 719 g/mol. The van der Waals surface area contributed by atoms with Gasteiger partial charge in [-0.25, -0.2) is 15.0 Å². The number of hydrogen-bond donors (Lipinski definition) is 0. The van der Waals surface area contributed by atoms with Gasteiger partial charge >= 0.3 is 0 Å². The molecule has 0 aliphatic rings. The molecule has 0 amide bonds. The molecule has 0 N–H and O–H groups in total. The van der Waals surface area contributed by atoms with Gasteiger partial charge in [-0.2, -0.15) is 0 Å². The summed E-state index contributed by atoms with van der Waals surface area (Å²) in [6.07, 6.45) is 0. The van der Waals surface area contributed by atoms with E-state index >= 15 is 0 Å². The average Bonchev–Trinajstić information content (AvgIpc) is 3.97. The van der Waals surface area contributed by atoms with Crippen LogP contribution in [0, 0.1) is 0 Å². The van der Waals surface area contributed by atoms with Crippen molar-refractivity contribution in [3.8, 4) is 56.4 Å². The second-order valence-electron chi connectivity index (χ2n) is 14.3. The lowest BCUT2D eigenvalue weighted by Crippen LogP contribution is -2.00. The highest BCUT2D eigenvalue weighted by Crippen LogP contribution is 2.46. The molecular formula is C51H29N3O2S. The van der Waals surface area contributed by atoms with Gasteiger partial charge in [0.25, 0.3) is 0 Å². The van der Waals surface area contributed by atoms with E-state index in [1.165, 1.54) is 20.2 Å². The molecule has 12 rings (SSSR count). The Morgan fingerprint density at radius 1 is 0.333 bits per heavy atom. The maximum absolute atomic E-state index is 6.69. The van der Waals surface area contributed by atoms with Gasteiger partial charge in [-0.05, 0) is 59.2 Å². The van der Waals surface area contributed by atoms with Crippen LogP contribution in [0.15, 0.2) is 185 Å². The van der Waals surface area contributed by atoms with Crippen molar-refractivity contribution in [3.05, 3.63) is 176 Å². The maximum atomic E-state index is 6.69. The first-order chi connectivity index (χ1) is 28.2. The molecule has 0 aliphatic heterocycles. The van der Waals surface area contributed by atoms with E-state index in [0.29, 0.717) is 17.5 Å². The molecule has 0 atom stereocenters. The van der Waals surface area contributed by atoms with Crippen LogP contribution in [0.25, 0.3) is 120 Å².